The first-order valence-electron chi connectivity index (χ1n) is 7.41. The molecule has 114 valence electrons. The zero-order chi connectivity index (χ0) is 15.0. The van der Waals surface area contributed by atoms with Crippen LogP contribution in [0.2, 0.25) is 5.02 Å². The number of hydrogen-bond acceptors (Lipinski definition) is 4. The molecule has 1 aromatic rings. The van der Waals surface area contributed by atoms with Crippen LogP contribution in [0.25, 0.3) is 0 Å². The fraction of sp³-hybridized carbons (Fsp3) is 0.533. The van der Waals surface area contributed by atoms with Crippen molar-refractivity contribution in [2.45, 2.75) is 31.8 Å². The van der Waals surface area contributed by atoms with Gasteiger partial charge in [-0.3, -0.25) is 4.79 Å². The minimum Gasteiger partial charge on any atom is -0.395 e. The number of aliphatic hydroxyl groups excluding tert-OH is 1. The second kappa shape index (κ2) is 5.83. The van der Waals surface area contributed by atoms with Crippen LogP contribution < -0.4 is 15.5 Å². The third-order valence-electron chi connectivity index (χ3n) is 4.00. The molecule has 1 atom stereocenters. The molecule has 0 aromatic heterocycles. The van der Waals surface area contributed by atoms with Crippen molar-refractivity contribution in [2.24, 2.45) is 0 Å². The van der Waals surface area contributed by atoms with Gasteiger partial charge in [-0.25, -0.2) is 0 Å². The van der Waals surface area contributed by atoms with Crippen LogP contribution in [0, 0.1) is 0 Å². The summed E-state index contributed by atoms with van der Waals surface area (Å²) in [5, 5.41) is 16.0. The highest BCUT2D eigenvalue weighted by atomic mass is 35.5. The SMILES string of the molecule is CCNC1C(=O)Nc2cc(N(CCO)C3CC3)c(Cl)cc21. The van der Waals surface area contributed by atoms with Crippen molar-refractivity contribution in [3.8, 4) is 0 Å². The van der Waals surface area contributed by atoms with Gasteiger partial charge in [-0.15, -0.1) is 0 Å². The topological polar surface area (TPSA) is 64.6 Å². The Morgan fingerprint density at radius 3 is 2.86 bits per heavy atom. The summed E-state index contributed by atoms with van der Waals surface area (Å²) in [6, 6.07) is 3.92. The van der Waals surface area contributed by atoms with E-state index in [0.717, 1.165) is 36.3 Å². The van der Waals surface area contributed by atoms with Gasteiger partial charge in [0, 0.05) is 23.8 Å². The van der Waals surface area contributed by atoms with E-state index in [1.807, 2.05) is 19.1 Å². The van der Waals surface area contributed by atoms with E-state index in [0.29, 0.717) is 17.6 Å². The van der Waals surface area contributed by atoms with Crippen molar-refractivity contribution in [1.82, 2.24) is 5.32 Å². The summed E-state index contributed by atoms with van der Waals surface area (Å²) in [5.41, 5.74) is 2.61. The molecular formula is C15H20ClN3O2. The molecule has 21 heavy (non-hydrogen) atoms. The van der Waals surface area contributed by atoms with Crippen molar-refractivity contribution >= 4 is 28.9 Å². The second-order valence-corrected chi connectivity index (χ2v) is 5.93. The molecule has 3 N–H and O–H groups in total. The normalized spacial score (nSPS) is 20.3. The number of hydrogen-bond donors (Lipinski definition) is 3. The number of rotatable bonds is 6. The van der Waals surface area contributed by atoms with Gasteiger partial charge in [-0.2, -0.15) is 0 Å². The van der Waals surface area contributed by atoms with Crippen LogP contribution in [0.4, 0.5) is 11.4 Å². The lowest BCUT2D eigenvalue weighted by Gasteiger charge is -2.25. The average Bonchev–Trinajstić information content (AvgIpc) is 3.24. The molecule has 1 fully saturated rings. The Kier molecular flexibility index (Phi) is 4.06. The van der Waals surface area contributed by atoms with Gasteiger partial charge in [0.2, 0.25) is 5.91 Å². The number of carbonyl (C=O) groups excluding carboxylic acids is 1. The van der Waals surface area contributed by atoms with Gasteiger partial charge in [0.15, 0.2) is 0 Å². The predicted molar refractivity (Wildman–Crippen MR) is 84.0 cm³/mol. The maximum Gasteiger partial charge on any atom is 0.246 e. The molecule has 1 aliphatic heterocycles. The van der Waals surface area contributed by atoms with Gasteiger partial charge in [-0.05, 0) is 31.5 Å². The van der Waals surface area contributed by atoms with E-state index in [1.54, 1.807) is 0 Å². The standard InChI is InChI=1S/C15H20ClN3O2/c1-2-17-14-10-7-11(16)13(8-12(10)18-15(14)21)19(5-6-20)9-3-4-9/h7-9,14,17,20H,2-6H2,1H3,(H,18,21). The molecule has 0 spiro atoms. The number of benzene rings is 1. The van der Waals surface area contributed by atoms with Crippen molar-refractivity contribution in [2.75, 3.05) is 29.9 Å². The Hall–Kier alpha value is -1.30. The van der Waals surface area contributed by atoms with Crippen molar-refractivity contribution in [1.29, 1.82) is 0 Å². The van der Waals surface area contributed by atoms with E-state index in [1.165, 1.54) is 0 Å². The predicted octanol–water partition coefficient (Wildman–Crippen LogP) is 1.90. The van der Waals surface area contributed by atoms with E-state index >= 15 is 0 Å². The monoisotopic (exact) mass is 309 g/mol. The Labute approximate surface area is 129 Å². The second-order valence-electron chi connectivity index (χ2n) is 5.52. The molecule has 1 saturated carbocycles. The minimum atomic E-state index is -0.330. The maximum atomic E-state index is 12.0. The van der Waals surface area contributed by atoms with Crippen molar-refractivity contribution < 1.29 is 9.90 Å². The number of fused-ring (bicyclic) bond motifs is 1. The fourth-order valence-electron chi connectivity index (χ4n) is 2.89. The summed E-state index contributed by atoms with van der Waals surface area (Å²) in [5.74, 6) is -0.0415. The van der Waals surface area contributed by atoms with E-state index in [2.05, 4.69) is 15.5 Å². The van der Waals surface area contributed by atoms with E-state index in [4.69, 9.17) is 11.6 Å². The molecule has 0 saturated heterocycles. The summed E-state index contributed by atoms with van der Waals surface area (Å²) in [4.78, 5) is 14.1. The Bertz CT molecular complexity index is 560. The zero-order valence-corrected chi connectivity index (χ0v) is 12.8. The first-order chi connectivity index (χ1) is 10.2. The van der Waals surface area contributed by atoms with Crippen LogP contribution in [0.1, 0.15) is 31.4 Å². The van der Waals surface area contributed by atoms with Crippen molar-refractivity contribution in [3.05, 3.63) is 22.7 Å². The van der Waals surface area contributed by atoms with Crippen LogP contribution in [-0.2, 0) is 4.79 Å². The molecule has 1 aromatic carbocycles. The molecule has 0 radical (unpaired) electrons. The molecule has 2 aliphatic rings. The van der Waals surface area contributed by atoms with Gasteiger partial charge in [0.1, 0.15) is 6.04 Å². The smallest absolute Gasteiger partial charge is 0.246 e. The van der Waals surface area contributed by atoms with Gasteiger partial charge in [-0.1, -0.05) is 18.5 Å². The molecule has 1 amide bonds. The molecule has 6 heteroatoms. The molecular weight excluding hydrogens is 290 g/mol. The molecule has 1 heterocycles. The quantitative estimate of drug-likeness (QED) is 0.751. The zero-order valence-electron chi connectivity index (χ0n) is 12.0. The average molecular weight is 310 g/mol. The Morgan fingerprint density at radius 1 is 1.48 bits per heavy atom. The highest BCUT2D eigenvalue weighted by molar-refractivity contribution is 6.33. The number of anilines is 2. The van der Waals surface area contributed by atoms with Crippen molar-refractivity contribution in [3.63, 3.8) is 0 Å². The van der Waals surface area contributed by atoms with Crippen LogP contribution in [-0.4, -0.2) is 36.8 Å². The number of likely N-dealkylation sites (N-methyl/N-ethyl adjacent to an activating group) is 1. The Morgan fingerprint density at radius 2 is 2.24 bits per heavy atom. The van der Waals surface area contributed by atoms with E-state index < -0.39 is 0 Å². The van der Waals surface area contributed by atoms with Gasteiger partial charge in [0.05, 0.1) is 17.3 Å². The lowest BCUT2D eigenvalue weighted by Crippen LogP contribution is -2.29. The number of carbonyl (C=O) groups is 1. The summed E-state index contributed by atoms with van der Waals surface area (Å²) in [6.45, 7) is 3.34. The number of nitrogens with one attached hydrogen (secondary N) is 2. The lowest BCUT2D eigenvalue weighted by molar-refractivity contribution is -0.117. The summed E-state index contributed by atoms with van der Waals surface area (Å²) in [7, 11) is 0. The van der Waals surface area contributed by atoms with Gasteiger partial charge in [0.25, 0.3) is 0 Å². The van der Waals surface area contributed by atoms with Crippen LogP contribution in [0.15, 0.2) is 12.1 Å². The first-order valence-corrected chi connectivity index (χ1v) is 7.78. The molecule has 1 aliphatic carbocycles. The highest BCUT2D eigenvalue weighted by Gasteiger charge is 2.34. The summed E-state index contributed by atoms with van der Waals surface area (Å²) < 4.78 is 0. The number of nitrogens with zero attached hydrogens (tertiary/aromatic N) is 1. The van der Waals surface area contributed by atoms with Crippen LogP contribution in [0.3, 0.4) is 0 Å². The Balaban J connectivity index is 1.95. The summed E-state index contributed by atoms with van der Waals surface area (Å²) >= 11 is 6.43. The minimum absolute atomic E-state index is 0.0415. The van der Waals surface area contributed by atoms with E-state index in [9.17, 15) is 9.90 Å². The number of halogens is 1. The molecule has 5 nitrogen and oxygen atoms in total. The van der Waals surface area contributed by atoms with Crippen LogP contribution in [0.5, 0.6) is 0 Å². The lowest BCUT2D eigenvalue weighted by atomic mass is 10.1. The number of amides is 1. The third kappa shape index (κ3) is 2.73. The molecule has 0 bridgehead atoms. The van der Waals surface area contributed by atoms with Gasteiger partial charge >= 0.3 is 0 Å². The fourth-order valence-corrected chi connectivity index (χ4v) is 3.17. The van der Waals surface area contributed by atoms with Gasteiger partial charge < -0.3 is 20.6 Å². The van der Waals surface area contributed by atoms with Crippen LogP contribution >= 0.6 is 11.6 Å². The molecule has 1 unspecified atom stereocenters. The summed E-state index contributed by atoms with van der Waals surface area (Å²) in [6.07, 6.45) is 2.25. The largest absolute Gasteiger partial charge is 0.395 e. The maximum absolute atomic E-state index is 12.0. The highest BCUT2D eigenvalue weighted by Crippen LogP contribution is 2.42. The number of aliphatic hydroxyl groups is 1. The molecule has 3 rings (SSSR count). The first kappa shape index (κ1) is 14.6. The van der Waals surface area contributed by atoms with E-state index in [-0.39, 0.29) is 18.6 Å². The third-order valence-corrected chi connectivity index (χ3v) is 4.30.